The Balaban J connectivity index is 1.25. The minimum atomic E-state index is -0.217. The van der Waals surface area contributed by atoms with Crippen LogP contribution in [0.5, 0.6) is 46.0 Å². The molecule has 8 aromatic rings. The molecular formula is C84H100N4O8. The summed E-state index contributed by atoms with van der Waals surface area (Å²) in [4.78, 5) is 18.6. The second-order valence-corrected chi connectivity index (χ2v) is 27.1. The van der Waals surface area contributed by atoms with Gasteiger partial charge in [0.15, 0.2) is 0 Å². The first kappa shape index (κ1) is 66.5. The SMILES string of the molecule is CCCCCCCC1c2cc3c4c(-c5ccncc5)c2OCCOc2c1cc1c(c2-c2ccncc2)OCCOc2c(cc5c(c2-c2ccncc2)OCCOc2c(cc(c(c2-c2ccncc2)OCCO4)C3CCCCCCC)C5CCCCCCC)C1CCCCCCC. The van der Waals surface area contributed by atoms with Crippen molar-refractivity contribution in [3.05, 3.63) is 167 Å². The first-order chi connectivity index (χ1) is 47.6. The predicted molar refractivity (Wildman–Crippen MR) is 384 cm³/mol. The molecule has 1 aliphatic carbocycles. The maximum atomic E-state index is 7.52. The third-order valence-electron chi connectivity index (χ3n) is 20.7. The summed E-state index contributed by atoms with van der Waals surface area (Å²) in [5.74, 6) is 5.78. The molecule has 0 saturated carbocycles. The molecule has 0 saturated heterocycles. The van der Waals surface area contributed by atoms with E-state index in [0.717, 1.165) is 263 Å². The van der Waals surface area contributed by atoms with Crippen LogP contribution in [0.3, 0.4) is 0 Å². The van der Waals surface area contributed by atoms with Crippen LogP contribution in [0.1, 0.15) is 250 Å². The number of rotatable bonds is 28. The van der Waals surface area contributed by atoms with E-state index in [9.17, 15) is 0 Å². The Morgan fingerprint density at radius 2 is 0.406 bits per heavy atom. The highest BCUT2D eigenvalue weighted by molar-refractivity contribution is 5.88. The van der Waals surface area contributed by atoms with Crippen LogP contribution >= 0.6 is 0 Å². The quantitative estimate of drug-likeness (QED) is 0.0434. The summed E-state index contributed by atoms with van der Waals surface area (Å²) >= 11 is 0. The van der Waals surface area contributed by atoms with E-state index in [1.807, 2.05) is 49.6 Å². The summed E-state index contributed by atoms with van der Waals surface area (Å²) in [6.45, 7) is 11.6. The number of pyridine rings is 4. The minimum Gasteiger partial charge on any atom is -0.489 e. The van der Waals surface area contributed by atoms with Crippen molar-refractivity contribution in [3.8, 4) is 90.5 Å². The maximum Gasteiger partial charge on any atom is 0.134 e. The average molecular weight is 1290 g/mol. The second kappa shape index (κ2) is 32.7. The molecule has 0 spiro atoms. The molecule has 8 heterocycles. The van der Waals surface area contributed by atoms with Gasteiger partial charge in [0.25, 0.3) is 0 Å². The summed E-state index contributed by atoms with van der Waals surface area (Å²) in [6.07, 6.45) is 41.1. The van der Waals surface area contributed by atoms with E-state index in [1.165, 1.54) is 25.7 Å². The van der Waals surface area contributed by atoms with Gasteiger partial charge in [0.1, 0.15) is 98.9 Å². The monoisotopic (exact) mass is 1290 g/mol. The van der Waals surface area contributed by atoms with E-state index in [0.29, 0.717) is 52.9 Å². The fraction of sp³-hybridized carbons (Fsp3) is 0.476. The zero-order chi connectivity index (χ0) is 65.4. The molecule has 0 fully saturated rings. The number of hydrogen-bond acceptors (Lipinski definition) is 12. The third kappa shape index (κ3) is 14.3. The molecular weight excluding hydrogens is 1190 g/mol. The molecule has 0 amide bonds. The number of unbranched alkanes of at least 4 members (excludes halogenated alkanes) is 16. The molecule has 0 N–H and O–H groups in total. The molecule has 12 nitrogen and oxygen atoms in total. The van der Waals surface area contributed by atoms with E-state index in [2.05, 4.69) is 120 Å². The zero-order valence-corrected chi connectivity index (χ0v) is 57.5. The van der Waals surface area contributed by atoms with Crippen LogP contribution in [0, 0.1) is 0 Å². The Morgan fingerprint density at radius 1 is 0.240 bits per heavy atom. The summed E-state index contributed by atoms with van der Waals surface area (Å²) in [7, 11) is 0. The summed E-state index contributed by atoms with van der Waals surface area (Å²) < 4.78 is 60.2. The molecule has 12 heteroatoms. The van der Waals surface area contributed by atoms with Crippen molar-refractivity contribution >= 4 is 0 Å². The van der Waals surface area contributed by atoms with Crippen molar-refractivity contribution in [2.24, 2.45) is 0 Å². The van der Waals surface area contributed by atoms with E-state index < -0.39 is 0 Å². The number of hydrogen-bond donors (Lipinski definition) is 0. The molecule has 0 atom stereocenters. The van der Waals surface area contributed by atoms with E-state index in [4.69, 9.17) is 37.9 Å². The van der Waals surface area contributed by atoms with Gasteiger partial charge < -0.3 is 37.9 Å². The standard InChI is InChI=1S/C84H100N4O8/c1-5-9-13-17-21-25-61-65-53-67-62(26-22-18-14-10-6-2)69-55-71-64(28-24-20-16-12-8-4)72-56-70-63(27-23-19-15-11-7-3)68-54-66(61)78-74(58-31-39-86-40-32-58)80(68)92-48-50-94-82(70)76(60-35-43-88-44-36-60)84(72)96-52-51-95-83(71)75(59-33-41-87-42-34-59)81(69)93-49-47-91-79(67)73(57-29-37-85-38-30-57)77(65)89-45-46-90-78/h29-44,53-56,61-64H,5-28,45-52H2,1-4H3. The summed E-state index contributed by atoms with van der Waals surface area (Å²) in [5, 5.41) is 0. The second-order valence-electron chi connectivity index (χ2n) is 27.1. The molecule has 504 valence electrons. The van der Waals surface area contributed by atoms with Crippen LogP contribution in [0.4, 0.5) is 0 Å². The largest absolute Gasteiger partial charge is 0.489 e. The van der Waals surface area contributed by atoms with Crippen molar-refractivity contribution in [2.45, 2.75) is 205 Å². The summed E-state index contributed by atoms with van der Waals surface area (Å²) in [5.41, 5.74) is 16.8. The van der Waals surface area contributed by atoms with Crippen LogP contribution in [0.25, 0.3) is 44.5 Å². The van der Waals surface area contributed by atoms with Gasteiger partial charge in [-0.05, 0) is 121 Å². The Hall–Kier alpha value is -8.12. The van der Waals surface area contributed by atoms with Crippen LogP contribution in [0.15, 0.2) is 122 Å². The average Bonchev–Trinajstić information content (AvgIpc) is 1.14. The van der Waals surface area contributed by atoms with E-state index >= 15 is 0 Å². The smallest absolute Gasteiger partial charge is 0.134 e. The lowest BCUT2D eigenvalue weighted by molar-refractivity contribution is 0.206. The van der Waals surface area contributed by atoms with Gasteiger partial charge in [-0.15, -0.1) is 0 Å². The lowest BCUT2D eigenvalue weighted by atomic mass is 9.73. The zero-order valence-electron chi connectivity index (χ0n) is 57.5. The molecule has 0 radical (unpaired) electrons. The molecule has 0 unspecified atom stereocenters. The van der Waals surface area contributed by atoms with E-state index in [1.54, 1.807) is 0 Å². The van der Waals surface area contributed by atoms with Crippen LogP contribution < -0.4 is 37.9 Å². The molecule has 8 bridgehead atoms. The van der Waals surface area contributed by atoms with Crippen molar-refractivity contribution in [3.63, 3.8) is 0 Å². The van der Waals surface area contributed by atoms with Gasteiger partial charge in [-0.25, -0.2) is 0 Å². The lowest BCUT2D eigenvalue weighted by Crippen LogP contribution is -2.15. The Labute approximate surface area is 570 Å². The van der Waals surface area contributed by atoms with E-state index in [-0.39, 0.29) is 23.7 Å². The van der Waals surface area contributed by atoms with Crippen molar-refractivity contribution < 1.29 is 37.9 Å². The van der Waals surface area contributed by atoms with Gasteiger partial charge in [-0.3, -0.25) is 19.9 Å². The Morgan fingerprint density at radius 3 is 0.573 bits per heavy atom. The lowest BCUT2D eigenvalue weighted by Gasteiger charge is -2.33. The van der Waals surface area contributed by atoms with Crippen molar-refractivity contribution in [1.82, 2.24) is 19.9 Å². The van der Waals surface area contributed by atoms with Gasteiger partial charge in [-0.2, -0.15) is 0 Å². The molecule has 4 aromatic heterocycles. The topological polar surface area (TPSA) is 125 Å². The normalized spacial score (nSPS) is 17.5. The van der Waals surface area contributed by atoms with Gasteiger partial charge in [-0.1, -0.05) is 156 Å². The van der Waals surface area contributed by atoms with Gasteiger partial charge in [0, 0.05) is 118 Å². The van der Waals surface area contributed by atoms with Gasteiger partial charge >= 0.3 is 0 Å². The molecule has 4 aliphatic heterocycles. The number of ether oxygens (including phenoxy) is 8. The molecule has 5 aliphatic rings. The highest BCUT2D eigenvalue weighted by atomic mass is 16.5. The fourth-order valence-corrected chi connectivity index (χ4v) is 16.1. The molecule has 13 rings (SSSR count). The number of nitrogens with zero attached hydrogens (tertiary/aromatic N) is 4. The third-order valence-corrected chi connectivity index (χ3v) is 20.7. The van der Waals surface area contributed by atoms with Gasteiger partial charge in [0.2, 0.25) is 0 Å². The highest BCUT2D eigenvalue weighted by Crippen LogP contribution is 2.62. The number of benzene rings is 4. The molecule has 96 heavy (non-hydrogen) atoms. The first-order valence-corrected chi connectivity index (χ1v) is 37.1. The first-order valence-electron chi connectivity index (χ1n) is 37.1. The highest BCUT2D eigenvalue weighted by Gasteiger charge is 2.42. The van der Waals surface area contributed by atoms with Crippen LogP contribution in [0.2, 0.25) is 0 Å². The Kier molecular flexibility index (Phi) is 22.7. The minimum absolute atomic E-state index is 0.217. The summed E-state index contributed by atoms with van der Waals surface area (Å²) in [6, 6.07) is 27.3. The maximum absolute atomic E-state index is 7.52. The Bertz CT molecular complexity index is 3220. The predicted octanol–water partition coefficient (Wildman–Crippen LogP) is 21.3. The van der Waals surface area contributed by atoms with Crippen molar-refractivity contribution in [1.29, 1.82) is 0 Å². The van der Waals surface area contributed by atoms with Crippen molar-refractivity contribution in [2.75, 3.05) is 52.9 Å². The fourth-order valence-electron chi connectivity index (χ4n) is 16.1. The molecule has 4 aromatic carbocycles. The van der Waals surface area contributed by atoms with Gasteiger partial charge in [0.05, 0.1) is 22.3 Å². The number of aromatic nitrogens is 4. The van der Waals surface area contributed by atoms with Crippen LogP contribution in [-0.2, 0) is 0 Å². The van der Waals surface area contributed by atoms with Crippen LogP contribution in [-0.4, -0.2) is 72.8 Å².